The molecule has 0 aliphatic rings. The van der Waals surface area contributed by atoms with Gasteiger partial charge in [-0.3, -0.25) is 0 Å². The van der Waals surface area contributed by atoms with Crippen LogP contribution < -0.4 is 0 Å². The topological polar surface area (TPSA) is 49.7 Å². The second kappa shape index (κ2) is 9.84. The van der Waals surface area contributed by atoms with Crippen molar-refractivity contribution >= 4 is 8.32 Å². The highest BCUT2D eigenvalue weighted by Crippen LogP contribution is 2.38. The van der Waals surface area contributed by atoms with E-state index >= 15 is 0 Å². The van der Waals surface area contributed by atoms with Crippen LogP contribution in [0.5, 0.6) is 0 Å². The van der Waals surface area contributed by atoms with Gasteiger partial charge in [0.05, 0.1) is 18.3 Å². The molecule has 26 heavy (non-hydrogen) atoms. The van der Waals surface area contributed by atoms with Crippen LogP contribution in [0, 0.1) is 5.92 Å². The molecule has 1 aromatic rings. The molecule has 0 amide bonds. The van der Waals surface area contributed by atoms with Gasteiger partial charge < -0.3 is 14.6 Å². The lowest BCUT2D eigenvalue weighted by atomic mass is 10.0. The highest BCUT2D eigenvalue weighted by atomic mass is 28.4. The van der Waals surface area contributed by atoms with E-state index in [2.05, 4.69) is 47.7 Å². The zero-order chi connectivity index (χ0) is 20.0. The highest BCUT2D eigenvalue weighted by molar-refractivity contribution is 6.74. The quantitative estimate of drug-likeness (QED) is 0.443. The molecule has 0 aliphatic carbocycles. The molecule has 0 aromatic heterocycles. The van der Waals surface area contributed by atoms with Gasteiger partial charge in [0, 0.05) is 6.42 Å². The average Bonchev–Trinajstić information content (AvgIpc) is 2.53. The smallest absolute Gasteiger partial charge is 0.192 e. The number of rotatable bonds is 9. The van der Waals surface area contributed by atoms with Crippen molar-refractivity contribution in [2.75, 3.05) is 0 Å². The van der Waals surface area contributed by atoms with E-state index in [4.69, 9.17) is 4.43 Å². The minimum Gasteiger partial charge on any atom is -0.414 e. The Hall–Kier alpha value is -0.943. The number of hydrogen-bond donors (Lipinski definition) is 2. The van der Waals surface area contributed by atoms with Crippen molar-refractivity contribution in [2.45, 2.75) is 83.9 Å². The minimum absolute atomic E-state index is 0.0367. The SMILES string of the molecule is CC(C)[C@@H](C[C@H](O)/C=C/C[C@H](O)c1ccccc1)O[Si](C)(C)C(C)(C)C. The van der Waals surface area contributed by atoms with Crippen molar-refractivity contribution in [3.8, 4) is 0 Å². The third kappa shape index (κ3) is 7.35. The summed E-state index contributed by atoms with van der Waals surface area (Å²) >= 11 is 0. The summed E-state index contributed by atoms with van der Waals surface area (Å²) in [5.74, 6) is 0.349. The number of benzene rings is 1. The first-order valence-electron chi connectivity index (χ1n) is 9.69. The Morgan fingerprint density at radius 1 is 1.08 bits per heavy atom. The average molecular weight is 379 g/mol. The molecule has 4 heteroatoms. The molecular formula is C22H38O3Si. The third-order valence-electron chi connectivity index (χ3n) is 5.37. The van der Waals surface area contributed by atoms with Crippen molar-refractivity contribution in [1.29, 1.82) is 0 Å². The number of aliphatic hydroxyl groups excluding tert-OH is 2. The summed E-state index contributed by atoms with van der Waals surface area (Å²) in [6.07, 6.45) is 3.68. The molecule has 0 spiro atoms. The monoisotopic (exact) mass is 378 g/mol. The Bertz CT molecular complexity index is 546. The minimum atomic E-state index is -1.87. The van der Waals surface area contributed by atoms with Crippen molar-refractivity contribution in [2.24, 2.45) is 5.92 Å². The van der Waals surface area contributed by atoms with Gasteiger partial charge in [-0.1, -0.05) is 77.1 Å². The van der Waals surface area contributed by atoms with Gasteiger partial charge in [-0.05, 0) is 36.0 Å². The summed E-state index contributed by atoms with van der Waals surface area (Å²) in [6.45, 7) is 15.5. The van der Waals surface area contributed by atoms with E-state index in [1.165, 1.54) is 0 Å². The van der Waals surface area contributed by atoms with Crippen molar-refractivity contribution < 1.29 is 14.6 Å². The lowest BCUT2D eigenvalue weighted by molar-refractivity contribution is 0.0788. The van der Waals surface area contributed by atoms with Gasteiger partial charge in [-0.2, -0.15) is 0 Å². The van der Waals surface area contributed by atoms with E-state index in [9.17, 15) is 10.2 Å². The molecule has 0 bridgehead atoms. The lowest BCUT2D eigenvalue weighted by Gasteiger charge is -2.40. The van der Waals surface area contributed by atoms with Crippen LogP contribution in [0.25, 0.3) is 0 Å². The lowest BCUT2D eigenvalue weighted by Crippen LogP contribution is -2.45. The van der Waals surface area contributed by atoms with Crippen LogP contribution in [0.2, 0.25) is 18.1 Å². The molecule has 148 valence electrons. The normalized spacial score (nSPS) is 16.8. The molecule has 1 aromatic carbocycles. The maximum atomic E-state index is 10.4. The first-order chi connectivity index (χ1) is 11.9. The van der Waals surface area contributed by atoms with E-state index in [0.29, 0.717) is 18.8 Å². The van der Waals surface area contributed by atoms with Gasteiger partial charge in [0.1, 0.15) is 0 Å². The second-order valence-corrected chi connectivity index (χ2v) is 13.8. The van der Waals surface area contributed by atoms with Crippen molar-refractivity contribution in [1.82, 2.24) is 0 Å². The molecular weight excluding hydrogens is 340 g/mol. The zero-order valence-electron chi connectivity index (χ0n) is 17.6. The molecule has 0 radical (unpaired) electrons. The van der Waals surface area contributed by atoms with Gasteiger partial charge in [0.2, 0.25) is 0 Å². The van der Waals surface area contributed by atoms with Crippen LogP contribution in [0.1, 0.15) is 59.1 Å². The molecule has 3 nitrogen and oxygen atoms in total. The van der Waals surface area contributed by atoms with Crippen LogP contribution in [-0.2, 0) is 4.43 Å². The molecule has 0 saturated carbocycles. The van der Waals surface area contributed by atoms with Gasteiger partial charge in [-0.25, -0.2) is 0 Å². The largest absolute Gasteiger partial charge is 0.414 e. The fraction of sp³-hybridized carbons (Fsp3) is 0.636. The maximum absolute atomic E-state index is 10.4. The van der Waals surface area contributed by atoms with Gasteiger partial charge in [0.15, 0.2) is 8.32 Å². The predicted molar refractivity (Wildman–Crippen MR) is 113 cm³/mol. The Morgan fingerprint density at radius 2 is 1.65 bits per heavy atom. The fourth-order valence-electron chi connectivity index (χ4n) is 2.50. The van der Waals surface area contributed by atoms with E-state index in [1.54, 1.807) is 6.08 Å². The summed E-state index contributed by atoms with van der Waals surface area (Å²) in [4.78, 5) is 0. The van der Waals surface area contributed by atoms with Gasteiger partial charge >= 0.3 is 0 Å². The first kappa shape index (κ1) is 23.1. The van der Waals surface area contributed by atoms with E-state index in [0.717, 1.165) is 5.56 Å². The third-order valence-corrected chi connectivity index (χ3v) is 9.88. The van der Waals surface area contributed by atoms with Crippen molar-refractivity contribution in [3.63, 3.8) is 0 Å². The van der Waals surface area contributed by atoms with Gasteiger partial charge in [-0.15, -0.1) is 0 Å². The summed E-state index contributed by atoms with van der Waals surface area (Å²) in [6, 6.07) is 9.60. The predicted octanol–water partition coefficient (Wildman–Crippen LogP) is 5.46. The molecule has 0 fully saturated rings. The highest BCUT2D eigenvalue weighted by Gasteiger charge is 2.39. The van der Waals surface area contributed by atoms with Crippen LogP contribution in [0.4, 0.5) is 0 Å². The van der Waals surface area contributed by atoms with Crippen LogP contribution in [-0.4, -0.2) is 30.7 Å². The summed E-state index contributed by atoms with van der Waals surface area (Å²) < 4.78 is 6.53. The molecule has 1 rings (SSSR count). The Balaban J connectivity index is 2.61. The Morgan fingerprint density at radius 3 is 2.15 bits per heavy atom. The molecule has 2 N–H and O–H groups in total. The van der Waals surface area contributed by atoms with Crippen LogP contribution in [0.15, 0.2) is 42.5 Å². The molecule has 0 unspecified atom stereocenters. The molecule has 0 aliphatic heterocycles. The summed E-state index contributed by atoms with van der Waals surface area (Å²) in [5, 5.41) is 20.8. The number of hydrogen-bond acceptors (Lipinski definition) is 3. The first-order valence-corrected chi connectivity index (χ1v) is 12.6. The van der Waals surface area contributed by atoms with Crippen LogP contribution in [0.3, 0.4) is 0 Å². The van der Waals surface area contributed by atoms with Crippen LogP contribution >= 0.6 is 0 Å². The standard InChI is InChI=1S/C22H38O3Si/c1-17(2)21(25-26(6,7)22(3,4)5)16-19(23)14-11-15-20(24)18-12-9-8-10-13-18/h8-14,17,19-21,23-24H,15-16H2,1-7H3/b14-11+/t19-,20+,21-/m1/s1. The van der Waals surface area contributed by atoms with E-state index in [-0.39, 0.29) is 11.1 Å². The molecule has 0 heterocycles. The zero-order valence-corrected chi connectivity index (χ0v) is 18.6. The fourth-order valence-corrected chi connectivity index (χ4v) is 3.98. The number of aliphatic hydroxyl groups is 2. The van der Waals surface area contributed by atoms with Crippen molar-refractivity contribution in [3.05, 3.63) is 48.0 Å². The van der Waals surface area contributed by atoms with E-state index < -0.39 is 20.5 Å². The Labute approximate surface area is 161 Å². The second-order valence-electron chi connectivity index (χ2n) is 9.05. The van der Waals surface area contributed by atoms with E-state index in [1.807, 2.05) is 36.4 Å². The molecule has 0 saturated heterocycles. The molecule has 3 atom stereocenters. The van der Waals surface area contributed by atoms with Gasteiger partial charge in [0.25, 0.3) is 0 Å². The maximum Gasteiger partial charge on any atom is 0.192 e. The summed E-state index contributed by atoms with van der Waals surface area (Å²) in [5.41, 5.74) is 0.896. The summed E-state index contributed by atoms with van der Waals surface area (Å²) in [7, 11) is -1.87. The Kier molecular flexibility index (Phi) is 8.74.